The van der Waals surface area contributed by atoms with Crippen molar-refractivity contribution in [3.8, 4) is 0 Å². The summed E-state index contributed by atoms with van der Waals surface area (Å²) in [6.45, 7) is 13.4. The van der Waals surface area contributed by atoms with Crippen molar-refractivity contribution in [1.82, 2.24) is 9.55 Å². The molecule has 0 saturated carbocycles. The maximum absolute atomic E-state index is 4.71. The van der Waals surface area contributed by atoms with E-state index in [9.17, 15) is 0 Å². The maximum atomic E-state index is 4.71. The van der Waals surface area contributed by atoms with Crippen molar-refractivity contribution >= 4 is 11.0 Å². The highest BCUT2D eigenvalue weighted by Crippen LogP contribution is 2.30. The minimum absolute atomic E-state index is 0.476. The third kappa shape index (κ3) is 2.16. The molecule has 0 aliphatic heterocycles. The van der Waals surface area contributed by atoms with Crippen molar-refractivity contribution in [3.05, 3.63) is 29.6 Å². The van der Waals surface area contributed by atoms with Gasteiger partial charge < -0.3 is 4.57 Å². The van der Waals surface area contributed by atoms with Crippen LogP contribution in [0.4, 0.5) is 0 Å². The smallest absolute Gasteiger partial charge is 0.0915 e. The summed E-state index contributed by atoms with van der Waals surface area (Å²) in [4.78, 5) is 4.71. The van der Waals surface area contributed by atoms with Gasteiger partial charge in [0.2, 0.25) is 0 Å². The molecule has 0 aliphatic rings. The number of nitrogens with zero attached hydrogens (tertiary/aromatic N) is 2. The summed E-state index contributed by atoms with van der Waals surface area (Å²) in [5, 5.41) is 0. The first kappa shape index (κ1) is 13.1. The van der Waals surface area contributed by atoms with Crippen LogP contribution in [0.15, 0.2) is 18.5 Å². The van der Waals surface area contributed by atoms with Gasteiger partial charge in [-0.2, -0.15) is 0 Å². The molecule has 0 aliphatic carbocycles. The molecule has 18 heavy (non-hydrogen) atoms. The normalized spacial score (nSPS) is 12.3. The Morgan fingerprint density at radius 1 is 1.00 bits per heavy atom. The topological polar surface area (TPSA) is 17.8 Å². The molecule has 2 aromatic rings. The molecule has 98 valence electrons. The summed E-state index contributed by atoms with van der Waals surface area (Å²) in [6.07, 6.45) is 4.31. The van der Waals surface area contributed by atoms with Crippen LogP contribution in [0.3, 0.4) is 0 Å². The average Bonchev–Trinajstić information content (AvgIpc) is 2.67. The van der Waals surface area contributed by atoms with E-state index in [0.29, 0.717) is 17.9 Å². The summed E-state index contributed by atoms with van der Waals surface area (Å²) >= 11 is 0. The van der Waals surface area contributed by atoms with Gasteiger partial charge in [0.25, 0.3) is 0 Å². The van der Waals surface area contributed by atoms with Crippen LogP contribution in [0, 0.1) is 0 Å². The highest BCUT2D eigenvalue weighted by molar-refractivity contribution is 5.81. The second kappa shape index (κ2) is 4.75. The van der Waals surface area contributed by atoms with Gasteiger partial charge >= 0.3 is 0 Å². The van der Waals surface area contributed by atoms with Crippen LogP contribution < -0.4 is 0 Å². The molecule has 2 rings (SSSR count). The van der Waals surface area contributed by atoms with E-state index in [-0.39, 0.29) is 0 Å². The lowest BCUT2D eigenvalue weighted by molar-refractivity contribution is 0.618. The van der Waals surface area contributed by atoms with E-state index in [0.717, 1.165) is 0 Å². The summed E-state index contributed by atoms with van der Waals surface area (Å²) in [5.74, 6) is 1.05. The fourth-order valence-electron chi connectivity index (χ4n) is 2.33. The lowest BCUT2D eigenvalue weighted by atomic mass is 10.0. The first-order valence-electron chi connectivity index (χ1n) is 6.92. The maximum Gasteiger partial charge on any atom is 0.0915 e. The first-order chi connectivity index (χ1) is 8.41. The van der Waals surface area contributed by atoms with Crippen molar-refractivity contribution in [2.24, 2.45) is 0 Å². The lowest BCUT2D eigenvalue weighted by Gasteiger charge is -2.10. The zero-order valence-electron chi connectivity index (χ0n) is 12.4. The van der Waals surface area contributed by atoms with Gasteiger partial charge in [0.05, 0.1) is 11.0 Å². The zero-order valence-corrected chi connectivity index (χ0v) is 12.4. The Bertz CT molecular complexity index is 547. The molecular weight excluding hydrogens is 220 g/mol. The average molecular weight is 244 g/mol. The number of fused-ring (bicyclic) bond motifs is 1. The van der Waals surface area contributed by atoms with E-state index in [1.165, 1.54) is 22.2 Å². The van der Waals surface area contributed by atoms with Crippen LogP contribution in [-0.2, 0) is 0 Å². The molecule has 0 spiro atoms. The number of pyridine rings is 1. The Balaban J connectivity index is 2.71. The fraction of sp³-hybridized carbons (Fsp3) is 0.562. The largest absolute Gasteiger partial charge is 0.343 e. The molecule has 0 saturated heterocycles. The molecule has 2 nitrogen and oxygen atoms in total. The van der Waals surface area contributed by atoms with Gasteiger partial charge in [-0.3, -0.25) is 4.98 Å². The third-order valence-corrected chi connectivity index (χ3v) is 3.56. The van der Waals surface area contributed by atoms with E-state index in [1.54, 1.807) is 0 Å². The molecule has 0 atom stereocenters. The van der Waals surface area contributed by atoms with E-state index < -0.39 is 0 Å². The summed E-state index contributed by atoms with van der Waals surface area (Å²) in [5.41, 5.74) is 5.12. The minimum Gasteiger partial charge on any atom is -0.343 e. The minimum atomic E-state index is 0.476. The van der Waals surface area contributed by atoms with Crippen molar-refractivity contribution in [2.75, 3.05) is 0 Å². The molecule has 0 unspecified atom stereocenters. The molecule has 2 aromatic heterocycles. The van der Waals surface area contributed by atoms with Gasteiger partial charge in [-0.05, 0) is 42.9 Å². The summed E-state index contributed by atoms with van der Waals surface area (Å²) in [7, 11) is 0. The number of rotatable bonds is 3. The SMILES string of the molecule is CC(C)c1cnc2c(C(C)C)cn(C(C)C)c2c1. The molecule has 2 heteroatoms. The van der Waals surface area contributed by atoms with E-state index in [2.05, 4.69) is 58.4 Å². The van der Waals surface area contributed by atoms with Gasteiger partial charge in [-0.1, -0.05) is 27.7 Å². The van der Waals surface area contributed by atoms with Crippen molar-refractivity contribution in [1.29, 1.82) is 0 Å². The Morgan fingerprint density at radius 3 is 2.17 bits per heavy atom. The van der Waals surface area contributed by atoms with Gasteiger partial charge in [0.1, 0.15) is 0 Å². The Labute approximate surface area is 110 Å². The summed E-state index contributed by atoms with van der Waals surface area (Å²) in [6, 6.07) is 2.78. The monoisotopic (exact) mass is 244 g/mol. The van der Waals surface area contributed by atoms with Gasteiger partial charge in [0.15, 0.2) is 0 Å². The van der Waals surface area contributed by atoms with Crippen molar-refractivity contribution in [3.63, 3.8) is 0 Å². The van der Waals surface area contributed by atoms with E-state index >= 15 is 0 Å². The second-order valence-electron chi connectivity index (χ2n) is 6.03. The molecule has 0 aromatic carbocycles. The Kier molecular flexibility index (Phi) is 3.47. The van der Waals surface area contributed by atoms with Gasteiger partial charge in [-0.25, -0.2) is 0 Å². The quantitative estimate of drug-likeness (QED) is 0.753. The molecule has 0 bridgehead atoms. The van der Waals surface area contributed by atoms with Gasteiger partial charge in [-0.15, -0.1) is 0 Å². The van der Waals surface area contributed by atoms with E-state index in [4.69, 9.17) is 4.98 Å². The molecule has 0 radical (unpaired) electrons. The zero-order chi connectivity index (χ0) is 13.4. The third-order valence-electron chi connectivity index (χ3n) is 3.56. The van der Waals surface area contributed by atoms with Crippen LogP contribution >= 0.6 is 0 Å². The van der Waals surface area contributed by atoms with Crippen molar-refractivity contribution in [2.45, 2.75) is 59.4 Å². The van der Waals surface area contributed by atoms with Crippen LogP contribution in [0.5, 0.6) is 0 Å². The molecule has 0 N–H and O–H groups in total. The molecular formula is C16H24N2. The predicted molar refractivity (Wildman–Crippen MR) is 78.3 cm³/mol. The number of hydrogen-bond acceptors (Lipinski definition) is 1. The van der Waals surface area contributed by atoms with Crippen LogP contribution in [0.2, 0.25) is 0 Å². The first-order valence-corrected chi connectivity index (χ1v) is 6.92. The van der Waals surface area contributed by atoms with E-state index in [1.807, 2.05) is 6.20 Å². The van der Waals surface area contributed by atoms with Gasteiger partial charge in [0, 0.05) is 18.4 Å². The Hall–Kier alpha value is -1.31. The highest BCUT2D eigenvalue weighted by atomic mass is 15.0. The predicted octanol–water partition coefficient (Wildman–Crippen LogP) is 4.86. The van der Waals surface area contributed by atoms with Crippen LogP contribution in [-0.4, -0.2) is 9.55 Å². The number of aromatic nitrogens is 2. The number of hydrogen-bond donors (Lipinski definition) is 0. The Morgan fingerprint density at radius 2 is 1.67 bits per heavy atom. The second-order valence-corrected chi connectivity index (χ2v) is 6.03. The molecule has 2 heterocycles. The lowest BCUT2D eigenvalue weighted by Crippen LogP contribution is -1.99. The summed E-state index contributed by atoms with van der Waals surface area (Å²) < 4.78 is 2.35. The standard InChI is InChI=1S/C16H24N2/c1-10(2)13-7-15-16(17-8-13)14(11(3)4)9-18(15)12(5)6/h7-12H,1-6H3. The van der Waals surface area contributed by atoms with Crippen LogP contribution in [0.1, 0.15) is 70.5 Å². The van der Waals surface area contributed by atoms with Crippen molar-refractivity contribution < 1.29 is 0 Å². The molecule has 0 amide bonds. The molecule has 0 fully saturated rings. The van der Waals surface area contributed by atoms with Crippen LogP contribution in [0.25, 0.3) is 11.0 Å². The highest BCUT2D eigenvalue weighted by Gasteiger charge is 2.15. The fourth-order valence-corrected chi connectivity index (χ4v) is 2.33.